The topological polar surface area (TPSA) is 102 Å². The maximum atomic E-state index is 12.9. The predicted octanol–water partition coefficient (Wildman–Crippen LogP) is 6.19. The highest BCUT2D eigenvalue weighted by Gasteiger charge is 2.24. The van der Waals surface area contributed by atoms with Gasteiger partial charge in [-0.2, -0.15) is 0 Å². The van der Waals surface area contributed by atoms with E-state index in [1.54, 1.807) is 12.1 Å². The van der Waals surface area contributed by atoms with Crippen LogP contribution >= 0.6 is 34.8 Å². The minimum absolute atomic E-state index is 0.0421. The third-order valence-corrected chi connectivity index (χ3v) is 7.32. The molecule has 0 spiro atoms. The van der Waals surface area contributed by atoms with E-state index >= 15 is 0 Å². The molecule has 7 nitrogen and oxygen atoms in total. The number of rotatable bonds is 8. The summed E-state index contributed by atoms with van der Waals surface area (Å²) in [6.07, 6.45) is -0.282. The second-order valence-electron chi connectivity index (χ2n) is 7.46. The molecule has 0 radical (unpaired) electrons. The lowest BCUT2D eigenvalue weighted by atomic mass is 10.1. The summed E-state index contributed by atoms with van der Waals surface area (Å²) >= 11 is 18.1. The fourth-order valence-corrected chi connectivity index (χ4v) is 4.95. The Morgan fingerprint density at radius 3 is 2.26 bits per heavy atom. The Morgan fingerprint density at radius 1 is 0.943 bits per heavy atom. The summed E-state index contributed by atoms with van der Waals surface area (Å²) in [5.41, 5.74) is 1.60. The van der Waals surface area contributed by atoms with E-state index in [0.29, 0.717) is 5.69 Å². The van der Waals surface area contributed by atoms with Crippen molar-refractivity contribution in [3.63, 3.8) is 0 Å². The van der Waals surface area contributed by atoms with Gasteiger partial charge in [0.05, 0.1) is 21.3 Å². The zero-order chi connectivity index (χ0) is 25.8. The van der Waals surface area contributed by atoms with Crippen LogP contribution in [0, 0.1) is 0 Å². The van der Waals surface area contributed by atoms with Gasteiger partial charge < -0.3 is 10.1 Å². The zero-order valence-electron chi connectivity index (χ0n) is 18.6. The monoisotopic (exact) mass is 554 g/mol. The summed E-state index contributed by atoms with van der Waals surface area (Å²) < 4.78 is 33.4. The Labute approximate surface area is 218 Å². The molecule has 0 aliphatic rings. The van der Waals surface area contributed by atoms with Crippen LogP contribution in [0.1, 0.15) is 29.8 Å². The summed E-state index contributed by atoms with van der Waals surface area (Å²) in [7, 11) is -4.24. The first kappa shape index (κ1) is 26.8. The third-order valence-electron chi connectivity index (χ3n) is 4.91. The van der Waals surface area contributed by atoms with Crippen LogP contribution in [0.4, 0.5) is 11.4 Å². The number of carbonyl (C=O) groups is 2. The SMILES string of the molecule is CCc1ccc(NC(=O)C(C)OC(=O)c2ccc(Cl)c(S(=O)(=O)Nc3cc(Cl)ccc3Cl)c2)cc1. The molecule has 0 aromatic heterocycles. The van der Waals surface area contributed by atoms with E-state index in [9.17, 15) is 18.0 Å². The first-order valence-electron chi connectivity index (χ1n) is 10.4. The second-order valence-corrected chi connectivity index (χ2v) is 10.4. The molecule has 0 aliphatic carbocycles. The summed E-state index contributed by atoms with van der Waals surface area (Å²) in [6.45, 7) is 3.43. The lowest BCUT2D eigenvalue weighted by Gasteiger charge is -2.15. The molecule has 0 aliphatic heterocycles. The molecule has 3 aromatic carbocycles. The summed E-state index contributed by atoms with van der Waals surface area (Å²) in [6, 6.07) is 15.1. The third kappa shape index (κ3) is 6.89. The van der Waals surface area contributed by atoms with Gasteiger partial charge in [-0.1, -0.05) is 53.9 Å². The minimum atomic E-state index is -4.24. The highest BCUT2D eigenvalue weighted by atomic mass is 35.5. The van der Waals surface area contributed by atoms with Gasteiger partial charge in [-0.05, 0) is 67.4 Å². The van der Waals surface area contributed by atoms with Gasteiger partial charge in [-0.15, -0.1) is 0 Å². The molecule has 2 N–H and O–H groups in total. The number of anilines is 2. The summed E-state index contributed by atoms with van der Waals surface area (Å²) in [4.78, 5) is 24.7. The Morgan fingerprint density at radius 2 is 1.60 bits per heavy atom. The maximum Gasteiger partial charge on any atom is 0.338 e. The number of halogens is 3. The number of aryl methyl sites for hydroxylation is 1. The van der Waals surface area contributed by atoms with Crippen molar-refractivity contribution >= 4 is 68.1 Å². The van der Waals surface area contributed by atoms with Gasteiger partial charge >= 0.3 is 5.97 Å². The highest BCUT2D eigenvalue weighted by molar-refractivity contribution is 7.92. The van der Waals surface area contributed by atoms with Crippen LogP contribution in [0.25, 0.3) is 0 Å². The van der Waals surface area contributed by atoms with E-state index in [-0.39, 0.29) is 31.2 Å². The van der Waals surface area contributed by atoms with Crippen molar-refractivity contribution in [1.82, 2.24) is 0 Å². The summed E-state index contributed by atoms with van der Waals surface area (Å²) in [5, 5.41) is 2.92. The normalized spacial score (nSPS) is 12.0. The number of nitrogens with one attached hydrogen (secondary N) is 2. The number of amides is 1. The van der Waals surface area contributed by atoms with Crippen molar-refractivity contribution in [2.24, 2.45) is 0 Å². The Balaban J connectivity index is 1.74. The van der Waals surface area contributed by atoms with Crippen molar-refractivity contribution in [1.29, 1.82) is 0 Å². The quantitative estimate of drug-likeness (QED) is 0.323. The molecule has 0 saturated heterocycles. The van der Waals surface area contributed by atoms with Gasteiger partial charge in [0.25, 0.3) is 15.9 Å². The van der Waals surface area contributed by atoms with Gasteiger partial charge in [0.1, 0.15) is 4.90 Å². The van der Waals surface area contributed by atoms with Crippen molar-refractivity contribution in [3.8, 4) is 0 Å². The fraction of sp³-hybridized carbons (Fsp3) is 0.167. The first-order chi connectivity index (χ1) is 16.5. The molecule has 3 aromatic rings. The molecule has 0 saturated carbocycles. The number of sulfonamides is 1. The minimum Gasteiger partial charge on any atom is -0.449 e. The van der Waals surface area contributed by atoms with Crippen LogP contribution in [0.15, 0.2) is 65.6 Å². The molecule has 3 rings (SSSR count). The van der Waals surface area contributed by atoms with Crippen LogP contribution in [0.5, 0.6) is 0 Å². The van der Waals surface area contributed by atoms with Gasteiger partial charge in [0.15, 0.2) is 6.10 Å². The van der Waals surface area contributed by atoms with Crippen LogP contribution < -0.4 is 10.0 Å². The van der Waals surface area contributed by atoms with Gasteiger partial charge in [0, 0.05) is 10.7 Å². The van der Waals surface area contributed by atoms with Gasteiger partial charge in [-0.25, -0.2) is 13.2 Å². The van der Waals surface area contributed by atoms with Gasteiger partial charge in [0.2, 0.25) is 0 Å². The van der Waals surface area contributed by atoms with E-state index in [0.717, 1.165) is 18.1 Å². The number of hydrogen-bond acceptors (Lipinski definition) is 5. The number of esters is 1. The van der Waals surface area contributed by atoms with Crippen molar-refractivity contribution in [3.05, 3.63) is 86.9 Å². The number of hydrogen-bond donors (Lipinski definition) is 2. The largest absolute Gasteiger partial charge is 0.449 e. The second kappa shape index (κ2) is 11.3. The summed E-state index contributed by atoms with van der Waals surface area (Å²) in [5.74, 6) is -1.44. The van der Waals surface area contributed by atoms with E-state index in [1.807, 2.05) is 19.1 Å². The number of carbonyl (C=O) groups excluding carboxylic acids is 2. The lowest BCUT2D eigenvalue weighted by Crippen LogP contribution is -2.30. The number of ether oxygens (including phenoxy) is 1. The predicted molar refractivity (Wildman–Crippen MR) is 138 cm³/mol. The Hall–Kier alpha value is -2.78. The molecular weight excluding hydrogens is 535 g/mol. The molecular formula is C24H21Cl3N2O5S. The van der Waals surface area contributed by atoms with Crippen LogP contribution in [-0.4, -0.2) is 26.4 Å². The smallest absolute Gasteiger partial charge is 0.338 e. The van der Waals surface area contributed by atoms with E-state index in [2.05, 4.69) is 10.0 Å². The average molecular weight is 556 g/mol. The van der Waals surface area contributed by atoms with Crippen molar-refractivity contribution < 1.29 is 22.7 Å². The van der Waals surface area contributed by atoms with E-state index < -0.39 is 28.0 Å². The highest BCUT2D eigenvalue weighted by Crippen LogP contribution is 2.30. The number of benzene rings is 3. The van der Waals surface area contributed by atoms with Crippen LogP contribution in [0.3, 0.4) is 0 Å². The molecule has 0 bridgehead atoms. The molecule has 0 heterocycles. The van der Waals surface area contributed by atoms with Gasteiger partial charge in [-0.3, -0.25) is 9.52 Å². The molecule has 1 atom stereocenters. The Kier molecular flexibility index (Phi) is 8.66. The van der Waals surface area contributed by atoms with Crippen molar-refractivity contribution in [2.45, 2.75) is 31.3 Å². The molecule has 184 valence electrons. The van der Waals surface area contributed by atoms with E-state index in [1.165, 1.54) is 37.3 Å². The molecule has 0 fully saturated rings. The molecule has 35 heavy (non-hydrogen) atoms. The van der Waals surface area contributed by atoms with Crippen molar-refractivity contribution in [2.75, 3.05) is 10.0 Å². The molecule has 1 unspecified atom stereocenters. The average Bonchev–Trinajstić information content (AvgIpc) is 2.81. The maximum absolute atomic E-state index is 12.9. The van der Waals surface area contributed by atoms with Crippen LogP contribution in [0.2, 0.25) is 15.1 Å². The first-order valence-corrected chi connectivity index (χ1v) is 13.0. The standard InChI is InChI=1S/C24H21Cl3N2O5S/c1-3-15-4-8-18(9-5-15)28-23(30)14(2)34-24(31)16-6-10-20(27)22(12-16)35(32,33)29-21-13-17(25)7-11-19(21)26/h4-14,29H,3H2,1-2H3,(H,28,30). The molecule has 1 amide bonds. The zero-order valence-corrected chi connectivity index (χ0v) is 21.7. The van der Waals surface area contributed by atoms with Crippen LogP contribution in [-0.2, 0) is 26.0 Å². The fourth-order valence-electron chi connectivity index (χ4n) is 2.96. The lowest BCUT2D eigenvalue weighted by molar-refractivity contribution is -0.123. The Bertz CT molecular complexity index is 1360. The van der Waals surface area contributed by atoms with E-state index in [4.69, 9.17) is 39.5 Å². The molecule has 11 heteroatoms.